The van der Waals surface area contributed by atoms with Crippen LogP contribution in [0.2, 0.25) is 0 Å². The van der Waals surface area contributed by atoms with Gasteiger partial charge in [-0.05, 0) is 86.2 Å². The Morgan fingerprint density at radius 3 is 2.10 bits per heavy atom. The molecular weight excluding hydrogens is 356 g/mol. The van der Waals surface area contributed by atoms with Gasteiger partial charge >= 0.3 is 0 Å². The quantitative estimate of drug-likeness (QED) is 0.735. The second-order valence-corrected chi connectivity index (χ2v) is 10.1. The average Bonchev–Trinajstić information content (AvgIpc) is 2.69. The monoisotopic (exact) mass is 389 g/mol. The number of nitrogens with one attached hydrogen (secondary N) is 1. The molecule has 1 amide bonds. The van der Waals surface area contributed by atoms with Crippen molar-refractivity contribution in [2.24, 2.45) is 23.2 Å². The van der Waals surface area contributed by atoms with Crippen LogP contribution in [0.5, 0.6) is 0 Å². The number of pyridine rings is 1. The van der Waals surface area contributed by atoms with Crippen molar-refractivity contribution >= 4 is 5.91 Å². The van der Waals surface area contributed by atoms with Gasteiger partial charge in [0.2, 0.25) is 6.54 Å². The normalized spacial score (nSPS) is 30.9. The third-order valence-electron chi connectivity index (χ3n) is 7.92. The van der Waals surface area contributed by atoms with E-state index >= 15 is 0 Å². The molecule has 4 aliphatic carbocycles. The van der Waals surface area contributed by atoms with Gasteiger partial charge in [-0.15, -0.1) is 0 Å². The van der Waals surface area contributed by atoms with Crippen LogP contribution in [0, 0.1) is 23.2 Å². The number of amides is 1. The molecule has 3 heteroatoms. The second-order valence-electron chi connectivity index (χ2n) is 10.1. The van der Waals surface area contributed by atoms with Gasteiger partial charge in [-0.2, -0.15) is 4.57 Å². The van der Waals surface area contributed by atoms with Crippen LogP contribution in [0.15, 0.2) is 54.9 Å². The lowest BCUT2D eigenvalue weighted by atomic mass is 9.48. The van der Waals surface area contributed by atoms with Gasteiger partial charge in [-0.1, -0.05) is 30.3 Å². The minimum atomic E-state index is 0.147. The largest absolute Gasteiger partial charge is 0.348 e. The Morgan fingerprint density at radius 1 is 0.966 bits per heavy atom. The zero-order valence-electron chi connectivity index (χ0n) is 17.5. The highest BCUT2D eigenvalue weighted by atomic mass is 16.2. The Labute approximate surface area is 174 Å². The molecule has 1 N–H and O–H groups in total. The van der Waals surface area contributed by atoms with Crippen LogP contribution < -0.4 is 9.88 Å². The Morgan fingerprint density at radius 2 is 1.52 bits per heavy atom. The van der Waals surface area contributed by atoms with E-state index in [4.69, 9.17) is 0 Å². The second kappa shape index (κ2) is 7.59. The molecule has 1 atom stereocenters. The molecule has 1 aromatic heterocycles. The smallest absolute Gasteiger partial charge is 0.286 e. The van der Waals surface area contributed by atoms with Gasteiger partial charge < -0.3 is 5.32 Å². The molecule has 0 aliphatic heterocycles. The zero-order chi connectivity index (χ0) is 19.8. The van der Waals surface area contributed by atoms with Crippen molar-refractivity contribution in [3.8, 4) is 0 Å². The van der Waals surface area contributed by atoms with Crippen molar-refractivity contribution in [3.05, 3.63) is 66.0 Å². The van der Waals surface area contributed by atoms with Crippen molar-refractivity contribution in [1.82, 2.24) is 5.32 Å². The molecule has 4 saturated carbocycles. The third-order valence-corrected chi connectivity index (χ3v) is 7.92. The van der Waals surface area contributed by atoms with Crippen LogP contribution >= 0.6 is 0 Å². The van der Waals surface area contributed by atoms with Crippen LogP contribution in [0.3, 0.4) is 0 Å². The number of hydrogen-bond acceptors (Lipinski definition) is 1. The van der Waals surface area contributed by atoms with Gasteiger partial charge in [0.25, 0.3) is 5.91 Å². The van der Waals surface area contributed by atoms with Crippen LogP contribution in [0.25, 0.3) is 0 Å². The van der Waals surface area contributed by atoms with E-state index in [1.165, 1.54) is 49.7 Å². The maximum Gasteiger partial charge on any atom is 0.286 e. The molecule has 6 rings (SSSR count). The lowest BCUT2D eigenvalue weighted by Crippen LogP contribution is -2.57. The van der Waals surface area contributed by atoms with Crippen molar-refractivity contribution in [1.29, 1.82) is 0 Å². The number of aromatic nitrogens is 1. The maximum absolute atomic E-state index is 12.8. The highest BCUT2D eigenvalue weighted by Crippen LogP contribution is 2.61. The SMILES string of the molecule is C[C@@H](NC(=O)C[n+]1ccc(Cc2ccccc2)cc1)C12CC3CC(CC(C3)C1)C2. The first-order valence-corrected chi connectivity index (χ1v) is 11.4. The van der Waals surface area contributed by atoms with E-state index in [9.17, 15) is 4.79 Å². The van der Waals surface area contributed by atoms with Crippen LogP contribution in [-0.4, -0.2) is 11.9 Å². The van der Waals surface area contributed by atoms with E-state index in [1.807, 2.05) is 23.0 Å². The summed E-state index contributed by atoms with van der Waals surface area (Å²) in [5.41, 5.74) is 2.96. The topological polar surface area (TPSA) is 33.0 Å². The Kier molecular flexibility index (Phi) is 4.93. The molecule has 0 spiro atoms. The molecule has 29 heavy (non-hydrogen) atoms. The Bertz CT molecular complexity index is 823. The molecule has 0 unspecified atom stereocenters. The number of hydrogen-bond donors (Lipinski definition) is 1. The summed E-state index contributed by atoms with van der Waals surface area (Å²) < 4.78 is 2.00. The first kappa shape index (κ1) is 18.8. The van der Waals surface area contributed by atoms with Crippen LogP contribution in [0.4, 0.5) is 0 Å². The van der Waals surface area contributed by atoms with Gasteiger partial charge in [0, 0.05) is 18.2 Å². The van der Waals surface area contributed by atoms with Crippen LogP contribution in [0.1, 0.15) is 56.6 Å². The highest BCUT2D eigenvalue weighted by molar-refractivity contribution is 5.74. The molecule has 0 radical (unpaired) electrons. The molecule has 152 valence electrons. The van der Waals surface area contributed by atoms with Crippen molar-refractivity contribution in [2.75, 3.05) is 0 Å². The molecule has 0 saturated heterocycles. The molecular formula is C26H33N2O+. The molecule has 1 heterocycles. The van der Waals surface area contributed by atoms with E-state index in [0.29, 0.717) is 18.0 Å². The molecule has 2 aromatic rings. The van der Waals surface area contributed by atoms with E-state index in [-0.39, 0.29) is 5.91 Å². The highest BCUT2D eigenvalue weighted by Gasteiger charge is 2.53. The zero-order valence-corrected chi connectivity index (χ0v) is 17.5. The standard InChI is InChI=1S/C26H32N2O/c1-19(26-15-22-12-23(16-26)14-24(13-22)17-26)27-25(29)18-28-9-7-21(8-10-28)11-20-5-3-2-4-6-20/h2-10,19,22-24H,11-18H2,1H3/p+1/t19-,22?,23?,24?,26?/m1/s1. The van der Waals surface area contributed by atoms with Gasteiger partial charge in [0.1, 0.15) is 0 Å². The van der Waals surface area contributed by atoms with Crippen LogP contribution in [-0.2, 0) is 17.8 Å². The van der Waals surface area contributed by atoms with Gasteiger partial charge in [-0.3, -0.25) is 4.79 Å². The molecule has 3 nitrogen and oxygen atoms in total. The summed E-state index contributed by atoms with van der Waals surface area (Å²) in [5, 5.41) is 3.38. The summed E-state index contributed by atoms with van der Waals surface area (Å²) >= 11 is 0. The van der Waals surface area contributed by atoms with Gasteiger partial charge in [0.05, 0.1) is 0 Å². The fourth-order valence-electron chi connectivity index (χ4n) is 6.86. The van der Waals surface area contributed by atoms with E-state index in [2.05, 4.69) is 48.6 Å². The third kappa shape index (κ3) is 3.97. The van der Waals surface area contributed by atoms with Crippen molar-refractivity contribution in [2.45, 2.75) is 64.5 Å². The maximum atomic E-state index is 12.8. The number of benzene rings is 1. The first-order valence-electron chi connectivity index (χ1n) is 11.4. The van der Waals surface area contributed by atoms with E-state index < -0.39 is 0 Å². The number of carbonyl (C=O) groups is 1. The van der Waals surface area contributed by atoms with Gasteiger partial charge in [0.15, 0.2) is 12.4 Å². The van der Waals surface area contributed by atoms with E-state index in [0.717, 1.165) is 24.2 Å². The molecule has 4 bridgehead atoms. The lowest BCUT2D eigenvalue weighted by Gasteiger charge is -2.59. The summed E-state index contributed by atoms with van der Waals surface area (Å²) in [6, 6.07) is 15.1. The first-order chi connectivity index (χ1) is 14.1. The predicted molar refractivity (Wildman–Crippen MR) is 114 cm³/mol. The average molecular weight is 390 g/mol. The van der Waals surface area contributed by atoms with Crippen molar-refractivity contribution in [3.63, 3.8) is 0 Å². The molecule has 4 fully saturated rings. The summed E-state index contributed by atoms with van der Waals surface area (Å²) in [7, 11) is 0. The Balaban J connectivity index is 1.18. The number of rotatable bonds is 6. The molecule has 4 aliphatic rings. The van der Waals surface area contributed by atoms with Crippen molar-refractivity contribution < 1.29 is 9.36 Å². The summed E-state index contributed by atoms with van der Waals surface area (Å²) in [5.74, 6) is 2.92. The minimum Gasteiger partial charge on any atom is -0.348 e. The fraction of sp³-hybridized carbons (Fsp3) is 0.538. The number of carbonyl (C=O) groups excluding carboxylic acids is 1. The summed E-state index contributed by atoms with van der Waals surface area (Å²) in [6.45, 7) is 2.67. The summed E-state index contributed by atoms with van der Waals surface area (Å²) in [6.07, 6.45) is 13.4. The Hall–Kier alpha value is -2.16. The number of nitrogens with zero attached hydrogens (tertiary/aromatic N) is 1. The minimum absolute atomic E-state index is 0.147. The lowest BCUT2D eigenvalue weighted by molar-refractivity contribution is -0.684. The van der Waals surface area contributed by atoms with E-state index in [1.54, 1.807) is 0 Å². The molecule has 1 aromatic carbocycles. The van der Waals surface area contributed by atoms with Gasteiger partial charge in [-0.25, -0.2) is 0 Å². The fourth-order valence-corrected chi connectivity index (χ4v) is 6.86. The predicted octanol–water partition coefficient (Wildman–Crippen LogP) is 4.29. The summed E-state index contributed by atoms with van der Waals surface area (Å²) in [4.78, 5) is 12.8.